The molecule has 0 saturated carbocycles. The lowest BCUT2D eigenvalue weighted by Crippen LogP contribution is -2.18. The van der Waals surface area contributed by atoms with Crippen LogP contribution in [0.3, 0.4) is 0 Å². The molecule has 0 radical (unpaired) electrons. The third-order valence-corrected chi connectivity index (χ3v) is 3.68. The van der Waals surface area contributed by atoms with Crippen LogP contribution in [0, 0.1) is 6.92 Å². The molecule has 3 aromatic rings. The van der Waals surface area contributed by atoms with E-state index in [1.54, 1.807) is 11.0 Å². The minimum absolute atomic E-state index is 0.331. The third-order valence-electron chi connectivity index (χ3n) is 3.68. The molecule has 3 rings (SSSR count). The van der Waals surface area contributed by atoms with Crippen molar-refractivity contribution in [3.05, 3.63) is 29.5 Å². The first kappa shape index (κ1) is 14.5. The van der Waals surface area contributed by atoms with Gasteiger partial charge in [-0.15, -0.1) is 0 Å². The molecule has 0 unspecified atom stereocenters. The molecule has 0 spiro atoms. The molecule has 0 aliphatic carbocycles. The van der Waals surface area contributed by atoms with Crippen molar-refractivity contribution >= 4 is 16.9 Å². The number of hydrogen-bond acceptors (Lipinski definition) is 6. The van der Waals surface area contributed by atoms with Crippen molar-refractivity contribution in [3.63, 3.8) is 0 Å². The van der Waals surface area contributed by atoms with Gasteiger partial charge in [-0.25, -0.2) is 9.97 Å². The fourth-order valence-corrected chi connectivity index (χ4v) is 2.54. The average Bonchev–Trinajstić information content (AvgIpc) is 3.05. The first-order chi connectivity index (χ1) is 10.5. The molecule has 0 aromatic carbocycles. The van der Waals surface area contributed by atoms with E-state index in [9.17, 15) is 0 Å². The number of hydrogen-bond donors (Lipinski definition) is 0. The van der Waals surface area contributed by atoms with Gasteiger partial charge in [-0.1, -0.05) is 19.0 Å². The van der Waals surface area contributed by atoms with Crippen LogP contribution in [0.5, 0.6) is 0 Å². The predicted octanol–water partition coefficient (Wildman–Crippen LogP) is 2.42. The van der Waals surface area contributed by atoms with Crippen molar-refractivity contribution in [2.45, 2.75) is 33.2 Å². The number of anilines is 1. The molecule has 0 saturated heterocycles. The highest BCUT2D eigenvalue weighted by atomic mass is 16.5. The van der Waals surface area contributed by atoms with Crippen LogP contribution in [0.15, 0.2) is 16.9 Å². The maximum absolute atomic E-state index is 5.35. The number of aryl methyl sites for hydroxylation is 2. The zero-order valence-electron chi connectivity index (χ0n) is 13.5. The monoisotopic (exact) mass is 300 g/mol. The molecule has 0 aliphatic rings. The molecule has 0 fully saturated rings. The van der Waals surface area contributed by atoms with Gasteiger partial charge in [0.2, 0.25) is 0 Å². The zero-order chi connectivity index (χ0) is 15.9. The molecule has 0 aliphatic heterocycles. The lowest BCUT2D eigenvalue weighted by atomic mass is 10.1. The Balaban J connectivity index is 1.93. The Bertz CT molecular complexity index is 804. The van der Waals surface area contributed by atoms with Crippen molar-refractivity contribution in [2.75, 3.05) is 11.9 Å². The first-order valence-corrected chi connectivity index (χ1v) is 7.28. The van der Waals surface area contributed by atoms with E-state index in [4.69, 9.17) is 4.52 Å². The Morgan fingerprint density at radius 3 is 2.77 bits per heavy atom. The third kappa shape index (κ3) is 2.43. The molecule has 116 valence electrons. The van der Waals surface area contributed by atoms with Crippen LogP contribution in [-0.4, -0.2) is 32.0 Å². The highest BCUT2D eigenvalue weighted by Crippen LogP contribution is 2.26. The lowest BCUT2D eigenvalue weighted by molar-refractivity contribution is 0.365. The Kier molecular flexibility index (Phi) is 3.56. The van der Waals surface area contributed by atoms with Gasteiger partial charge in [-0.2, -0.15) is 5.10 Å². The molecule has 7 heteroatoms. The van der Waals surface area contributed by atoms with Gasteiger partial charge in [-0.3, -0.25) is 4.68 Å². The summed E-state index contributed by atoms with van der Waals surface area (Å²) in [6, 6.07) is 2.00. The van der Waals surface area contributed by atoms with E-state index in [0.717, 1.165) is 34.0 Å². The van der Waals surface area contributed by atoms with Gasteiger partial charge in [-0.05, 0) is 6.92 Å². The van der Waals surface area contributed by atoms with Gasteiger partial charge >= 0.3 is 0 Å². The molecule has 0 amide bonds. The second kappa shape index (κ2) is 5.40. The Labute approximate surface area is 128 Å². The molecule has 7 nitrogen and oxygen atoms in total. The van der Waals surface area contributed by atoms with E-state index >= 15 is 0 Å². The molecule has 0 N–H and O–H groups in total. The van der Waals surface area contributed by atoms with Gasteiger partial charge < -0.3 is 9.42 Å². The molecule has 3 aromatic heterocycles. The number of aromatic nitrogens is 5. The van der Waals surface area contributed by atoms with E-state index in [2.05, 4.69) is 34.1 Å². The molecular weight excluding hydrogens is 280 g/mol. The summed E-state index contributed by atoms with van der Waals surface area (Å²) in [6.45, 7) is 6.76. The number of nitrogens with zero attached hydrogens (tertiary/aromatic N) is 6. The molecular formula is C15H20N6O. The Hall–Kier alpha value is -2.44. The molecule has 0 bridgehead atoms. The molecule has 0 atom stereocenters. The van der Waals surface area contributed by atoms with Crippen LogP contribution < -0.4 is 4.90 Å². The first-order valence-electron chi connectivity index (χ1n) is 7.28. The van der Waals surface area contributed by atoms with Crippen LogP contribution in [0.1, 0.15) is 36.9 Å². The fourth-order valence-electron chi connectivity index (χ4n) is 2.54. The highest BCUT2D eigenvalue weighted by molar-refractivity contribution is 5.89. The zero-order valence-corrected chi connectivity index (χ0v) is 13.5. The van der Waals surface area contributed by atoms with E-state index in [1.807, 2.05) is 32.0 Å². The quantitative estimate of drug-likeness (QED) is 0.736. The normalized spacial score (nSPS) is 11.5. The van der Waals surface area contributed by atoms with Crippen molar-refractivity contribution in [3.8, 4) is 0 Å². The summed E-state index contributed by atoms with van der Waals surface area (Å²) in [5.41, 5.74) is 2.64. The van der Waals surface area contributed by atoms with Gasteiger partial charge in [0.15, 0.2) is 5.65 Å². The fraction of sp³-hybridized carbons (Fsp3) is 0.467. The second-order valence-electron chi connectivity index (χ2n) is 5.84. The minimum atomic E-state index is 0.331. The Morgan fingerprint density at radius 2 is 2.09 bits per heavy atom. The maximum atomic E-state index is 5.35. The van der Waals surface area contributed by atoms with Crippen LogP contribution in [0.2, 0.25) is 0 Å². The molecule has 3 heterocycles. The van der Waals surface area contributed by atoms with Crippen molar-refractivity contribution in [1.82, 2.24) is 24.9 Å². The Morgan fingerprint density at radius 1 is 1.32 bits per heavy atom. The van der Waals surface area contributed by atoms with E-state index in [0.29, 0.717) is 12.5 Å². The summed E-state index contributed by atoms with van der Waals surface area (Å²) >= 11 is 0. The summed E-state index contributed by atoms with van der Waals surface area (Å²) in [7, 11) is 3.87. The SMILES string of the molecule is Cc1nn(C)c2ncnc(N(C)Cc3cc(C(C)C)on3)c12. The maximum Gasteiger partial charge on any atom is 0.163 e. The van der Waals surface area contributed by atoms with Crippen LogP contribution >= 0.6 is 0 Å². The second-order valence-corrected chi connectivity index (χ2v) is 5.84. The van der Waals surface area contributed by atoms with Gasteiger partial charge in [0, 0.05) is 26.1 Å². The van der Waals surface area contributed by atoms with Crippen LogP contribution in [-0.2, 0) is 13.6 Å². The molecule has 22 heavy (non-hydrogen) atoms. The van der Waals surface area contributed by atoms with Gasteiger partial charge in [0.1, 0.15) is 23.6 Å². The van der Waals surface area contributed by atoms with Gasteiger partial charge in [0.05, 0.1) is 17.6 Å². The van der Waals surface area contributed by atoms with Crippen molar-refractivity contribution < 1.29 is 4.52 Å². The van der Waals surface area contributed by atoms with E-state index < -0.39 is 0 Å². The van der Waals surface area contributed by atoms with Gasteiger partial charge in [0.25, 0.3) is 0 Å². The minimum Gasteiger partial charge on any atom is -0.361 e. The largest absolute Gasteiger partial charge is 0.361 e. The van der Waals surface area contributed by atoms with Crippen LogP contribution in [0.4, 0.5) is 5.82 Å². The van der Waals surface area contributed by atoms with Crippen molar-refractivity contribution in [1.29, 1.82) is 0 Å². The topological polar surface area (TPSA) is 72.9 Å². The predicted molar refractivity (Wildman–Crippen MR) is 83.7 cm³/mol. The van der Waals surface area contributed by atoms with E-state index in [-0.39, 0.29) is 0 Å². The van der Waals surface area contributed by atoms with Crippen molar-refractivity contribution in [2.24, 2.45) is 7.05 Å². The van der Waals surface area contributed by atoms with Crippen LogP contribution in [0.25, 0.3) is 11.0 Å². The van der Waals surface area contributed by atoms with E-state index in [1.165, 1.54) is 0 Å². The highest BCUT2D eigenvalue weighted by Gasteiger charge is 2.17. The average molecular weight is 300 g/mol. The summed E-state index contributed by atoms with van der Waals surface area (Å²) in [5, 5.41) is 9.52. The summed E-state index contributed by atoms with van der Waals surface area (Å²) in [6.07, 6.45) is 1.57. The summed E-state index contributed by atoms with van der Waals surface area (Å²) in [4.78, 5) is 10.8. The standard InChI is InChI=1S/C15H20N6O/c1-9(2)12-6-11(19-22-12)7-20(4)14-13-10(3)18-21(5)15(13)17-8-16-14/h6,8-9H,7H2,1-5H3. The smallest absolute Gasteiger partial charge is 0.163 e. The number of fused-ring (bicyclic) bond motifs is 1. The number of rotatable bonds is 4. The summed E-state index contributed by atoms with van der Waals surface area (Å²) in [5.74, 6) is 2.08. The lowest BCUT2D eigenvalue weighted by Gasteiger charge is -2.17. The summed E-state index contributed by atoms with van der Waals surface area (Å²) < 4.78 is 7.13.